The number of hydrogen-bond donors (Lipinski definition) is 1. The van der Waals surface area contributed by atoms with Crippen LogP contribution in [0, 0.1) is 5.92 Å². The van der Waals surface area contributed by atoms with E-state index in [0.717, 1.165) is 30.8 Å². The number of carbonyl (C=O) groups is 1. The standard InChI is InChI=1S/C20H25N3O2/c1-15-9-11-23(14-19(15)25-2)17-8-10-21-18(12-17)20(24)22-13-16-6-4-3-5-7-16/h3-8,10,12,15,19H,9,11,13-14H2,1-2H3,(H,22,24). The third-order valence-corrected chi connectivity index (χ3v) is 4.83. The number of ether oxygens (including phenoxy) is 1. The van der Waals surface area contributed by atoms with Gasteiger partial charge in [-0.2, -0.15) is 0 Å². The second-order valence-electron chi connectivity index (χ2n) is 6.55. The van der Waals surface area contributed by atoms with Crippen LogP contribution in [0.3, 0.4) is 0 Å². The van der Waals surface area contributed by atoms with E-state index in [1.165, 1.54) is 0 Å². The lowest BCUT2D eigenvalue weighted by Gasteiger charge is -2.37. The predicted molar refractivity (Wildman–Crippen MR) is 98.6 cm³/mol. The van der Waals surface area contributed by atoms with Gasteiger partial charge in [-0.05, 0) is 30.0 Å². The molecule has 0 saturated carbocycles. The molecule has 5 heteroatoms. The molecule has 1 aliphatic heterocycles. The number of pyridine rings is 1. The van der Waals surface area contributed by atoms with E-state index in [4.69, 9.17) is 4.74 Å². The van der Waals surface area contributed by atoms with Crippen molar-refractivity contribution in [2.45, 2.75) is 26.0 Å². The fraction of sp³-hybridized carbons (Fsp3) is 0.400. The topological polar surface area (TPSA) is 54.5 Å². The van der Waals surface area contributed by atoms with Crippen molar-refractivity contribution in [2.24, 2.45) is 5.92 Å². The molecule has 1 N–H and O–H groups in total. The number of anilines is 1. The Labute approximate surface area is 149 Å². The lowest BCUT2D eigenvalue weighted by atomic mass is 9.95. The molecule has 0 aliphatic carbocycles. The SMILES string of the molecule is COC1CN(c2ccnc(C(=O)NCc3ccccc3)c2)CCC1C. The summed E-state index contributed by atoms with van der Waals surface area (Å²) in [5.74, 6) is 0.399. The molecule has 132 valence electrons. The van der Waals surface area contributed by atoms with Crippen LogP contribution in [0.5, 0.6) is 0 Å². The van der Waals surface area contributed by atoms with Crippen molar-refractivity contribution in [3.63, 3.8) is 0 Å². The van der Waals surface area contributed by atoms with E-state index in [1.807, 2.05) is 42.5 Å². The molecule has 1 aliphatic rings. The number of nitrogens with zero attached hydrogens (tertiary/aromatic N) is 2. The third kappa shape index (κ3) is 4.37. The summed E-state index contributed by atoms with van der Waals surface area (Å²) in [5, 5.41) is 2.93. The molecule has 25 heavy (non-hydrogen) atoms. The lowest BCUT2D eigenvalue weighted by Crippen LogP contribution is -2.44. The zero-order chi connectivity index (χ0) is 17.6. The minimum absolute atomic E-state index is 0.153. The Kier molecular flexibility index (Phi) is 5.66. The van der Waals surface area contributed by atoms with E-state index < -0.39 is 0 Å². The molecule has 5 nitrogen and oxygen atoms in total. The van der Waals surface area contributed by atoms with E-state index in [2.05, 4.69) is 22.1 Å². The van der Waals surface area contributed by atoms with Gasteiger partial charge in [0, 0.05) is 38.6 Å². The molecule has 1 fully saturated rings. The molecule has 1 amide bonds. The van der Waals surface area contributed by atoms with Crippen LogP contribution < -0.4 is 10.2 Å². The average Bonchev–Trinajstić information content (AvgIpc) is 2.67. The Morgan fingerprint density at radius 3 is 2.88 bits per heavy atom. The maximum Gasteiger partial charge on any atom is 0.270 e. The number of amides is 1. The summed E-state index contributed by atoms with van der Waals surface area (Å²) in [7, 11) is 1.76. The van der Waals surface area contributed by atoms with Crippen molar-refractivity contribution in [2.75, 3.05) is 25.1 Å². The highest BCUT2D eigenvalue weighted by Gasteiger charge is 2.26. The van der Waals surface area contributed by atoms with Gasteiger partial charge in [-0.25, -0.2) is 0 Å². The number of rotatable bonds is 5. The minimum Gasteiger partial charge on any atom is -0.379 e. The average molecular weight is 339 g/mol. The molecule has 2 heterocycles. The summed E-state index contributed by atoms with van der Waals surface area (Å²) in [6, 6.07) is 13.7. The van der Waals surface area contributed by atoms with Crippen molar-refractivity contribution in [1.29, 1.82) is 0 Å². The van der Waals surface area contributed by atoms with Gasteiger partial charge in [-0.3, -0.25) is 9.78 Å². The van der Waals surface area contributed by atoms with Crippen LogP contribution >= 0.6 is 0 Å². The van der Waals surface area contributed by atoms with Gasteiger partial charge in [0.15, 0.2) is 0 Å². The highest BCUT2D eigenvalue weighted by Crippen LogP contribution is 2.25. The largest absolute Gasteiger partial charge is 0.379 e. The molecular weight excluding hydrogens is 314 g/mol. The maximum atomic E-state index is 12.4. The van der Waals surface area contributed by atoms with Gasteiger partial charge in [0.1, 0.15) is 5.69 Å². The first-order valence-electron chi connectivity index (χ1n) is 8.73. The number of nitrogens with one attached hydrogen (secondary N) is 1. The first kappa shape index (κ1) is 17.4. The second kappa shape index (κ2) is 8.12. The first-order valence-corrected chi connectivity index (χ1v) is 8.73. The molecule has 1 aromatic heterocycles. The number of hydrogen-bond acceptors (Lipinski definition) is 4. The van der Waals surface area contributed by atoms with Gasteiger partial charge in [0.25, 0.3) is 5.91 Å². The molecular formula is C20H25N3O2. The Bertz CT molecular complexity index is 705. The molecule has 2 atom stereocenters. The molecule has 3 rings (SSSR count). The Balaban J connectivity index is 1.65. The van der Waals surface area contributed by atoms with Crippen LogP contribution in [0.1, 0.15) is 29.4 Å². The minimum atomic E-state index is -0.153. The van der Waals surface area contributed by atoms with Crippen molar-refractivity contribution in [3.8, 4) is 0 Å². The maximum absolute atomic E-state index is 12.4. The highest BCUT2D eigenvalue weighted by molar-refractivity contribution is 5.93. The molecule has 1 aromatic carbocycles. The van der Waals surface area contributed by atoms with E-state index in [-0.39, 0.29) is 12.0 Å². The van der Waals surface area contributed by atoms with Crippen LogP contribution in [0.4, 0.5) is 5.69 Å². The van der Waals surface area contributed by atoms with Crippen molar-refractivity contribution in [3.05, 3.63) is 59.9 Å². The number of carbonyl (C=O) groups excluding carboxylic acids is 1. The van der Waals surface area contributed by atoms with Crippen molar-refractivity contribution in [1.82, 2.24) is 10.3 Å². The second-order valence-corrected chi connectivity index (χ2v) is 6.55. The zero-order valence-electron chi connectivity index (χ0n) is 14.8. The molecule has 2 unspecified atom stereocenters. The third-order valence-electron chi connectivity index (χ3n) is 4.83. The number of piperidine rings is 1. The molecule has 1 saturated heterocycles. The summed E-state index contributed by atoms with van der Waals surface area (Å²) in [6.45, 7) is 4.53. The Morgan fingerprint density at radius 2 is 2.12 bits per heavy atom. The van der Waals surface area contributed by atoms with Crippen molar-refractivity contribution >= 4 is 11.6 Å². The van der Waals surface area contributed by atoms with E-state index in [1.54, 1.807) is 13.3 Å². The van der Waals surface area contributed by atoms with Gasteiger partial charge < -0.3 is 15.0 Å². The quantitative estimate of drug-likeness (QED) is 0.910. The summed E-state index contributed by atoms with van der Waals surface area (Å²) in [5.41, 5.74) is 2.54. The summed E-state index contributed by atoms with van der Waals surface area (Å²) < 4.78 is 5.58. The van der Waals surface area contributed by atoms with Crippen LogP contribution in [-0.2, 0) is 11.3 Å². The van der Waals surface area contributed by atoms with E-state index >= 15 is 0 Å². The van der Waals surface area contributed by atoms with Crippen LogP contribution in [0.25, 0.3) is 0 Å². The number of benzene rings is 1. The molecule has 0 bridgehead atoms. The molecule has 0 radical (unpaired) electrons. The summed E-state index contributed by atoms with van der Waals surface area (Å²) in [4.78, 5) is 18.9. The van der Waals surface area contributed by atoms with Gasteiger partial charge in [0.2, 0.25) is 0 Å². The first-order chi connectivity index (χ1) is 12.2. The number of aromatic nitrogens is 1. The normalized spacial score (nSPS) is 20.3. The zero-order valence-corrected chi connectivity index (χ0v) is 14.8. The number of methoxy groups -OCH3 is 1. The molecule has 0 spiro atoms. The fourth-order valence-corrected chi connectivity index (χ4v) is 3.18. The molecule has 2 aromatic rings. The summed E-state index contributed by atoms with van der Waals surface area (Å²) >= 11 is 0. The fourth-order valence-electron chi connectivity index (χ4n) is 3.18. The highest BCUT2D eigenvalue weighted by atomic mass is 16.5. The van der Waals surface area contributed by atoms with Crippen LogP contribution in [0.15, 0.2) is 48.7 Å². The van der Waals surface area contributed by atoms with Gasteiger partial charge in [-0.15, -0.1) is 0 Å². The van der Waals surface area contributed by atoms with Crippen LogP contribution in [0.2, 0.25) is 0 Å². The van der Waals surface area contributed by atoms with E-state index in [9.17, 15) is 4.79 Å². The van der Waals surface area contributed by atoms with Gasteiger partial charge in [-0.1, -0.05) is 37.3 Å². The predicted octanol–water partition coefficient (Wildman–Crippen LogP) is 2.87. The van der Waals surface area contributed by atoms with Gasteiger partial charge >= 0.3 is 0 Å². The van der Waals surface area contributed by atoms with Crippen molar-refractivity contribution < 1.29 is 9.53 Å². The lowest BCUT2D eigenvalue weighted by molar-refractivity contribution is 0.0498. The Morgan fingerprint density at radius 1 is 1.32 bits per heavy atom. The van der Waals surface area contributed by atoms with E-state index in [0.29, 0.717) is 18.2 Å². The monoisotopic (exact) mass is 339 g/mol. The smallest absolute Gasteiger partial charge is 0.270 e. The Hall–Kier alpha value is -2.40. The van der Waals surface area contributed by atoms with Crippen LogP contribution in [-0.4, -0.2) is 37.2 Å². The van der Waals surface area contributed by atoms with Gasteiger partial charge in [0.05, 0.1) is 6.10 Å². The summed E-state index contributed by atoms with van der Waals surface area (Å²) in [6.07, 6.45) is 3.00.